The quantitative estimate of drug-likeness (QED) is 0.0611. The standard InChI is InChI=1S/C13H14.C11H17N.C10H11F3.C10H14O.2C10H14.C9H11F.2C9H11NO2.C9H12/c1-10(2)12-8-7-11-5-3-4-6-13(11)9-12;1-9(2)10-5-7-11(8-6-10)12(3)4;1-7(2)8-4-3-5-9(6-8)10(11,12)13;1-8(2)9-4-6-10(11-3)7-5-9;1-8(2)10-6-4-9(3)5-7-10;1-8(2)10-6-4-5-9(3)7-10;1-7(2)8-4-3-5-9(10)6-8;1-7(2)8-3-5-9(6-4-8)10(11)12;1-7(2)8-5-3-4-6-9(8)10(11)12;1-8(2)9-6-4-3-5-7-9/h3-10H,1-2H3;5-9H,1-4H3;3-7H,1-2H3;4-8H,1-3H3;2*4-8H,1-3H3;3-7H,1-2H3;2*3-7H,1-2H3;3-8H,1-2H3. The number of rotatable bonds is 14. The number of benzene rings is 11. The first-order valence-electron chi connectivity index (χ1n) is 39.2. The van der Waals surface area contributed by atoms with Crippen LogP contribution in [0.3, 0.4) is 0 Å². The minimum absolute atomic E-state index is 0.127. The Labute approximate surface area is 671 Å². The van der Waals surface area contributed by atoms with E-state index in [4.69, 9.17) is 4.74 Å². The molecule has 0 saturated heterocycles. The number of nitro groups is 2. The second-order valence-corrected chi connectivity index (χ2v) is 31.0. The summed E-state index contributed by atoms with van der Waals surface area (Å²) in [6.07, 6.45) is -4.23. The Kier molecular flexibility index (Phi) is 44.9. The molecule has 0 aliphatic rings. The van der Waals surface area contributed by atoms with E-state index in [2.05, 4.69) is 295 Å². The van der Waals surface area contributed by atoms with Gasteiger partial charge in [0.25, 0.3) is 11.4 Å². The van der Waals surface area contributed by atoms with Gasteiger partial charge in [0, 0.05) is 43.5 Å². The number of nitro benzene ring substituents is 2. The third-order valence-corrected chi connectivity index (χ3v) is 18.1. The van der Waals surface area contributed by atoms with E-state index >= 15 is 0 Å². The zero-order valence-electron chi connectivity index (χ0n) is 71.6. The molecular formula is C100H129F4N3O5. The lowest BCUT2D eigenvalue weighted by Gasteiger charge is -2.13. The summed E-state index contributed by atoms with van der Waals surface area (Å²) >= 11 is 0. The van der Waals surface area contributed by atoms with Crippen molar-refractivity contribution in [1.29, 1.82) is 0 Å². The fourth-order valence-corrected chi connectivity index (χ4v) is 10.6. The highest BCUT2D eigenvalue weighted by atomic mass is 19.4. The van der Waals surface area contributed by atoms with Crippen LogP contribution in [0, 0.1) is 39.9 Å². The molecule has 0 unspecified atom stereocenters. The van der Waals surface area contributed by atoms with Gasteiger partial charge in [-0.05, 0) is 176 Å². The summed E-state index contributed by atoms with van der Waals surface area (Å²) < 4.78 is 54.3. The largest absolute Gasteiger partial charge is 0.497 e. The van der Waals surface area contributed by atoms with Gasteiger partial charge in [0.05, 0.1) is 22.5 Å². The Morgan fingerprint density at radius 3 is 1.06 bits per heavy atom. The summed E-state index contributed by atoms with van der Waals surface area (Å²) in [5.41, 5.74) is 15.9. The average Bonchev–Trinajstić information content (AvgIpc) is 0.840. The van der Waals surface area contributed by atoms with E-state index in [1.54, 1.807) is 49.6 Å². The Bertz CT molecular complexity index is 4320. The third kappa shape index (κ3) is 38.6. The molecule has 0 spiro atoms. The van der Waals surface area contributed by atoms with Crippen LogP contribution in [0.15, 0.2) is 267 Å². The summed E-state index contributed by atoms with van der Waals surface area (Å²) in [5.74, 6) is 5.74. The van der Waals surface area contributed by atoms with E-state index in [0.717, 1.165) is 34.1 Å². The van der Waals surface area contributed by atoms with Crippen molar-refractivity contribution in [2.24, 2.45) is 0 Å². The van der Waals surface area contributed by atoms with Crippen molar-refractivity contribution in [2.75, 3.05) is 26.1 Å². The highest BCUT2D eigenvalue weighted by Crippen LogP contribution is 2.32. The molecule has 8 nitrogen and oxygen atoms in total. The number of halogens is 4. The highest BCUT2D eigenvalue weighted by molar-refractivity contribution is 5.83. The first-order valence-corrected chi connectivity index (χ1v) is 39.2. The van der Waals surface area contributed by atoms with E-state index in [1.807, 2.05) is 58.0 Å². The van der Waals surface area contributed by atoms with Gasteiger partial charge in [0.2, 0.25) is 0 Å². The van der Waals surface area contributed by atoms with Crippen LogP contribution >= 0.6 is 0 Å². The first kappa shape index (κ1) is 97.9. The number of para-hydroxylation sites is 1. The number of hydrogen-bond donors (Lipinski definition) is 0. The van der Waals surface area contributed by atoms with Crippen LogP contribution in [-0.2, 0) is 6.18 Å². The molecule has 0 aliphatic heterocycles. The van der Waals surface area contributed by atoms with E-state index in [1.165, 1.54) is 97.4 Å². The van der Waals surface area contributed by atoms with Crippen LogP contribution in [0.5, 0.6) is 5.75 Å². The molecule has 0 bridgehead atoms. The molecule has 112 heavy (non-hydrogen) atoms. The number of nitrogens with zero attached hydrogens (tertiary/aromatic N) is 3. The van der Waals surface area contributed by atoms with Crippen molar-refractivity contribution in [3.63, 3.8) is 0 Å². The van der Waals surface area contributed by atoms with Crippen LogP contribution < -0.4 is 9.64 Å². The zero-order chi connectivity index (χ0) is 84.4. The number of alkyl halides is 3. The fourth-order valence-electron chi connectivity index (χ4n) is 10.6. The van der Waals surface area contributed by atoms with Crippen LogP contribution in [0.4, 0.5) is 34.6 Å². The van der Waals surface area contributed by atoms with Gasteiger partial charge in [-0.25, -0.2) is 4.39 Å². The molecule has 11 rings (SSSR count). The molecule has 0 heterocycles. The van der Waals surface area contributed by atoms with Crippen LogP contribution in [0.1, 0.15) is 270 Å². The number of fused-ring (bicyclic) bond motifs is 1. The lowest BCUT2D eigenvalue weighted by Crippen LogP contribution is -2.08. The van der Waals surface area contributed by atoms with Gasteiger partial charge in [0.1, 0.15) is 11.6 Å². The molecule has 0 aliphatic carbocycles. The van der Waals surface area contributed by atoms with Gasteiger partial charge in [-0.3, -0.25) is 20.2 Å². The van der Waals surface area contributed by atoms with E-state index in [-0.39, 0.29) is 38.9 Å². The van der Waals surface area contributed by atoms with Gasteiger partial charge in [0.15, 0.2) is 0 Å². The maximum Gasteiger partial charge on any atom is 0.416 e. The summed E-state index contributed by atoms with van der Waals surface area (Å²) in [6.45, 7) is 46.6. The fraction of sp³-hybridized carbons (Fsp3) is 0.360. The van der Waals surface area contributed by atoms with Crippen molar-refractivity contribution in [1.82, 2.24) is 0 Å². The maximum absolute atomic E-state index is 12.5. The second-order valence-electron chi connectivity index (χ2n) is 31.0. The highest BCUT2D eigenvalue weighted by Gasteiger charge is 2.30. The van der Waals surface area contributed by atoms with Gasteiger partial charge >= 0.3 is 6.18 Å². The number of aryl methyl sites for hydroxylation is 2. The predicted molar refractivity (Wildman–Crippen MR) is 471 cm³/mol. The lowest BCUT2D eigenvalue weighted by atomic mass is 9.99. The molecule has 11 aromatic carbocycles. The van der Waals surface area contributed by atoms with Gasteiger partial charge in [-0.1, -0.05) is 356 Å². The molecular weight excluding hydrogens is 1400 g/mol. The number of hydrogen-bond acceptors (Lipinski definition) is 6. The Hall–Kier alpha value is -10.2. The minimum Gasteiger partial charge on any atom is -0.497 e. The molecule has 12 heteroatoms. The SMILES string of the molecule is CC(C)c1ccc(N(C)C)cc1.CC(C)c1ccc([N+](=O)[O-])cc1.CC(C)c1ccc2ccccc2c1.CC(C)c1cccc(C(F)(F)F)c1.CC(C)c1cccc(F)c1.CC(C)c1ccccc1.CC(C)c1ccccc1[N+](=O)[O-].COc1ccc(C(C)C)cc1.Cc1ccc(C(C)C)cc1.Cc1cccc(C(C)C)c1. The van der Waals surface area contributed by atoms with Crippen molar-refractivity contribution in [3.05, 3.63) is 365 Å². The monoisotopic (exact) mass is 1530 g/mol. The van der Waals surface area contributed by atoms with Crippen molar-refractivity contribution in [3.8, 4) is 5.75 Å². The van der Waals surface area contributed by atoms with Crippen LogP contribution in [-0.4, -0.2) is 31.1 Å². The number of ether oxygens (including phenoxy) is 1. The number of methoxy groups -OCH3 is 1. The first-order chi connectivity index (χ1) is 52.7. The molecule has 11 aromatic rings. The van der Waals surface area contributed by atoms with E-state index in [0.29, 0.717) is 47.3 Å². The predicted octanol–water partition coefficient (Wildman–Crippen LogP) is 30.9. The summed E-state index contributed by atoms with van der Waals surface area (Å²) in [7, 11) is 5.80. The molecule has 0 aromatic heterocycles. The normalized spacial score (nSPS) is 10.6. The van der Waals surface area contributed by atoms with E-state index in [9.17, 15) is 37.8 Å². The molecule has 0 radical (unpaired) electrons. The molecule has 0 fully saturated rings. The second kappa shape index (κ2) is 51.4. The number of anilines is 1. The van der Waals surface area contributed by atoms with Gasteiger partial charge < -0.3 is 9.64 Å². The minimum atomic E-state index is -4.23. The third-order valence-electron chi connectivity index (χ3n) is 18.1. The molecule has 0 atom stereocenters. The summed E-state index contributed by atoms with van der Waals surface area (Å²) in [6, 6.07) is 85.6. The van der Waals surface area contributed by atoms with Crippen molar-refractivity contribution >= 4 is 27.8 Å². The van der Waals surface area contributed by atoms with E-state index < -0.39 is 11.7 Å². The number of non-ortho nitro benzene ring substituents is 1. The Morgan fingerprint density at radius 1 is 0.330 bits per heavy atom. The smallest absolute Gasteiger partial charge is 0.416 e. The van der Waals surface area contributed by atoms with Gasteiger partial charge in [-0.15, -0.1) is 0 Å². The molecule has 0 amide bonds. The summed E-state index contributed by atoms with van der Waals surface area (Å²) in [5, 5.41) is 23.5. The topological polar surface area (TPSA) is 98.8 Å². The maximum atomic E-state index is 12.5. The molecule has 0 saturated carbocycles. The van der Waals surface area contributed by atoms with Gasteiger partial charge in [-0.2, -0.15) is 13.2 Å². The molecule has 0 N–H and O–H groups in total. The average molecular weight is 1530 g/mol. The zero-order valence-corrected chi connectivity index (χ0v) is 71.6. The van der Waals surface area contributed by atoms with Crippen molar-refractivity contribution in [2.45, 2.75) is 218 Å². The summed E-state index contributed by atoms with van der Waals surface area (Å²) in [4.78, 5) is 22.2. The van der Waals surface area contributed by atoms with Crippen molar-refractivity contribution < 1.29 is 32.1 Å². The van der Waals surface area contributed by atoms with Crippen LogP contribution in [0.25, 0.3) is 10.8 Å². The Morgan fingerprint density at radius 2 is 0.688 bits per heavy atom. The lowest BCUT2D eigenvalue weighted by molar-refractivity contribution is -0.385. The Balaban J connectivity index is 0.000000423. The molecule has 602 valence electrons. The van der Waals surface area contributed by atoms with Crippen LogP contribution in [0.2, 0.25) is 0 Å².